The Kier molecular flexibility index (Phi) is 4.57. The molecule has 0 atom stereocenters. The zero-order valence-electron chi connectivity index (χ0n) is 15.6. The van der Waals surface area contributed by atoms with Gasteiger partial charge in [-0.05, 0) is 42.8 Å². The molecular formula is C21H18ClN3O3. The molecule has 0 saturated carbocycles. The lowest BCUT2D eigenvalue weighted by Gasteiger charge is -2.08. The summed E-state index contributed by atoms with van der Waals surface area (Å²) in [7, 11) is 3.17. The lowest BCUT2D eigenvalue weighted by Crippen LogP contribution is -2.19. The summed E-state index contributed by atoms with van der Waals surface area (Å²) < 4.78 is 13.9. The molecule has 2 heterocycles. The normalized spacial score (nSPS) is 11.0. The van der Waals surface area contributed by atoms with Gasteiger partial charge in [-0.3, -0.25) is 9.36 Å². The second kappa shape index (κ2) is 7.05. The fourth-order valence-electron chi connectivity index (χ4n) is 3.05. The zero-order valence-corrected chi connectivity index (χ0v) is 16.4. The Morgan fingerprint density at radius 3 is 2.50 bits per heavy atom. The maximum Gasteiger partial charge on any atom is 0.298 e. The summed E-state index contributed by atoms with van der Waals surface area (Å²) in [4.78, 5) is 17.5. The molecule has 6 nitrogen and oxygen atoms in total. The van der Waals surface area contributed by atoms with Gasteiger partial charge < -0.3 is 13.9 Å². The van der Waals surface area contributed by atoms with Crippen LogP contribution in [0, 0.1) is 6.92 Å². The smallest absolute Gasteiger partial charge is 0.298 e. The van der Waals surface area contributed by atoms with Crippen LogP contribution in [0.5, 0.6) is 11.5 Å². The van der Waals surface area contributed by atoms with Crippen LogP contribution < -0.4 is 15.0 Å². The van der Waals surface area contributed by atoms with E-state index in [1.54, 1.807) is 37.1 Å². The highest BCUT2D eigenvalue weighted by Crippen LogP contribution is 2.31. The molecule has 0 amide bonds. The molecule has 0 aliphatic carbocycles. The number of aryl methyl sites for hydroxylation is 1. The highest BCUT2D eigenvalue weighted by Gasteiger charge is 2.13. The van der Waals surface area contributed by atoms with E-state index in [-0.39, 0.29) is 5.56 Å². The van der Waals surface area contributed by atoms with Crippen LogP contribution in [0.4, 0.5) is 0 Å². The third-order valence-electron chi connectivity index (χ3n) is 4.63. The molecule has 4 rings (SSSR count). The average molecular weight is 396 g/mol. The first-order valence-electron chi connectivity index (χ1n) is 8.61. The van der Waals surface area contributed by atoms with Crippen LogP contribution >= 0.6 is 11.6 Å². The number of hydrogen-bond donors (Lipinski definition) is 0. The second-order valence-electron chi connectivity index (χ2n) is 6.33. The highest BCUT2D eigenvalue weighted by atomic mass is 35.5. The van der Waals surface area contributed by atoms with Gasteiger partial charge in [-0.15, -0.1) is 0 Å². The molecular weight excluding hydrogens is 378 g/mol. The van der Waals surface area contributed by atoms with Crippen LogP contribution in [0.3, 0.4) is 0 Å². The Labute approximate surface area is 166 Å². The zero-order chi connectivity index (χ0) is 19.8. The maximum atomic E-state index is 13.0. The summed E-state index contributed by atoms with van der Waals surface area (Å²) in [5, 5.41) is 0.610. The molecule has 0 radical (unpaired) electrons. The van der Waals surface area contributed by atoms with E-state index >= 15 is 0 Å². The molecule has 4 aromatic rings. The van der Waals surface area contributed by atoms with Gasteiger partial charge >= 0.3 is 0 Å². The first-order valence-corrected chi connectivity index (χ1v) is 8.99. The molecule has 0 fully saturated rings. The molecule has 0 N–H and O–H groups in total. The van der Waals surface area contributed by atoms with E-state index in [0.29, 0.717) is 33.6 Å². The fraction of sp³-hybridized carbons (Fsp3) is 0.143. The quantitative estimate of drug-likeness (QED) is 0.521. The molecule has 0 bridgehead atoms. The Morgan fingerprint density at radius 2 is 1.79 bits per heavy atom. The molecule has 0 spiro atoms. The molecule has 142 valence electrons. The monoisotopic (exact) mass is 395 g/mol. The SMILES string of the molecule is COc1ccc(-c2cn3ccn(-c4ccc(C)c(Cl)c4)c(=O)c3n2)cc1OC. The van der Waals surface area contributed by atoms with Crippen LogP contribution in [0.25, 0.3) is 22.6 Å². The lowest BCUT2D eigenvalue weighted by atomic mass is 10.1. The van der Waals surface area contributed by atoms with E-state index in [0.717, 1.165) is 11.1 Å². The molecule has 0 unspecified atom stereocenters. The number of methoxy groups -OCH3 is 2. The van der Waals surface area contributed by atoms with Gasteiger partial charge in [0.05, 0.1) is 25.6 Å². The Hall–Kier alpha value is -3.25. The maximum absolute atomic E-state index is 13.0. The summed E-state index contributed by atoms with van der Waals surface area (Å²) in [5.74, 6) is 1.23. The van der Waals surface area contributed by atoms with E-state index in [2.05, 4.69) is 4.98 Å². The fourth-order valence-corrected chi connectivity index (χ4v) is 3.22. The predicted molar refractivity (Wildman–Crippen MR) is 109 cm³/mol. The highest BCUT2D eigenvalue weighted by molar-refractivity contribution is 6.31. The number of ether oxygens (including phenoxy) is 2. The van der Waals surface area contributed by atoms with Gasteiger partial charge in [0, 0.05) is 29.2 Å². The Bertz CT molecular complexity index is 1240. The average Bonchev–Trinajstić information content (AvgIpc) is 3.15. The molecule has 2 aromatic carbocycles. The number of imidazole rings is 1. The van der Waals surface area contributed by atoms with Gasteiger partial charge in [0.1, 0.15) is 0 Å². The summed E-state index contributed by atoms with van der Waals surface area (Å²) in [5.41, 5.74) is 3.23. The van der Waals surface area contributed by atoms with Crippen molar-refractivity contribution in [1.29, 1.82) is 0 Å². The Balaban J connectivity index is 1.83. The van der Waals surface area contributed by atoms with E-state index in [9.17, 15) is 4.79 Å². The van der Waals surface area contributed by atoms with Crippen molar-refractivity contribution in [3.63, 3.8) is 0 Å². The molecule has 28 heavy (non-hydrogen) atoms. The van der Waals surface area contributed by atoms with E-state index < -0.39 is 0 Å². The van der Waals surface area contributed by atoms with Crippen LogP contribution in [-0.2, 0) is 0 Å². The standard InChI is InChI=1S/C21H18ClN3O3/c1-13-4-6-15(11-16(13)22)25-9-8-24-12-17(23-20(24)21(25)26)14-5-7-18(27-2)19(10-14)28-3/h4-12H,1-3H3. The van der Waals surface area contributed by atoms with Gasteiger partial charge in [-0.25, -0.2) is 4.98 Å². The summed E-state index contributed by atoms with van der Waals surface area (Å²) in [6.45, 7) is 1.92. The minimum atomic E-state index is -0.228. The number of halogens is 1. The van der Waals surface area contributed by atoms with Crippen LogP contribution in [0.1, 0.15) is 5.56 Å². The first kappa shape index (κ1) is 18.1. The number of nitrogens with zero attached hydrogens (tertiary/aromatic N) is 3. The lowest BCUT2D eigenvalue weighted by molar-refractivity contribution is 0.355. The molecule has 0 aliphatic heterocycles. The number of hydrogen-bond acceptors (Lipinski definition) is 4. The third-order valence-corrected chi connectivity index (χ3v) is 5.04. The van der Waals surface area contributed by atoms with Crippen molar-refractivity contribution in [2.24, 2.45) is 0 Å². The van der Waals surface area contributed by atoms with Crippen molar-refractivity contribution in [1.82, 2.24) is 14.0 Å². The van der Waals surface area contributed by atoms with Crippen LogP contribution in [-0.4, -0.2) is 28.2 Å². The van der Waals surface area contributed by atoms with Crippen molar-refractivity contribution >= 4 is 17.2 Å². The van der Waals surface area contributed by atoms with Crippen molar-refractivity contribution in [2.75, 3.05) is 14.2 Å². The minimum absolute atomic E-state index is 0.228. The molecule has 2 aromatic heterocycles. The minimum Gasteiger partial charge on any atom is -0.493 e. The molecule has 7 heteroatoms. The Morgan fingerprint density at radius 1 is 1.00 bits per heavy atom. The van der Waals surface area contributed by atoms with Crippen molar-refractivity contribution in [3.05, 3.63) is 75.9 Å². The van der Waals surface area contributed by atoms with Crippen molar-refractivity contribution in [3.8, 4) is 28.4 Å². The van der Waals surface area contributed by atoms with E-state index in [4.69, 9.17) is 21.1 Å². The summed E-state index contributed by atoms with van der Waals surface area (Å²) >= 11 is 6.21. The van der Waals surface area contributed by atoms with Crippen molar-refractivity contribution in [2.45, 2.75) is 6.92 Å². The second-order valence-corrected chi connectivity index (χ2v) is 6.74. The van der Waals surface area contributed by atoms with Gasteiger partial charge in [0.15, 0.2) is 11.5 Å². The summed E-state index contributed by atoms with van der Waals surface area (Å²) in [6, 6.07) is 11.0. The van der Waals surface area contributed by atoms with E-state index in [1.807, 2.05) is 43.5 Å². The molecule has 0 saturated heterocycles. The predicted octanol–water partition coefficient (Wildman–Crippen LogP) is 4.13. The topological polar surface area (TPSA) is 57.8 Å². The van der Waals surface area contributed by atoms with Gasteiger partial charge in [0.2, 0.25) is 5.65 Å². The van der Waals surface area contributed by atoms with Gasteiger partial charge in [0.25, 0.3) is 5.56 Å². The third kappa shape index (κ3) is 3.01. The number of rotatable bonds is 4. The van der Waals surface area contributed by atoms with Gasteiger partial charge in [-0.2, -0.15) is 0 Å². The van der Waals surface area contributed by atoms with Crippen molar-refractivity contribution < 1.29 is 9.47 Å². The summed E-state index contributed by atoms with van der Waals surface area (Å²) in [6.07, 6.45) is 5.31. The molecule has 0 aliphatic rings. The number of benzene rings is 2. The first-order chi connectivity index (χ1) is 13.5. The van der Waals surface area contributed by atoms with E-state index in [1.165, 1.54) is 4.57 Å². The van der Waals surface area contributed by atoms with Gasteiger partial charge in [-0.1, -0.05) is 17.7 Å². The largest absolute Gasteiger partial charge is 0.493 e. The number of fused-ring (bicyclic) bond motifs is 1. The van der Waals surface area contributed by atoms with Crippen LogP contribution in [0.15, 0.2) is 59.8 Å². The number of aromatic nitrogens is 3. The van der Waals surface area contributed by atoms with Crippen LogP contribution in [0.2, 0.25) is 5.02 Å².